The third-order valence-corrected chi connectivity index (χ3v) is 3.44. The van der Waals surface area contributed by atoms with Gasteiger partial charge >= 0.3 is 0 Å². The number of primary amides is 1. The van der Waals surface area contributed by atoms with Crippen molar-refractivity contribution in [1.29, 1.82) is 5.26 Å². The predicted molar refractivity (Wildman–Crippen MR) is 67.1 cm³/mol. The molecule has 0 spiro atoms. The molecule has 0 aromatic heterocycles. The first-order valence-corrected chi connectivity index (χ1v) is 6.51. The largest absolute Gasteiger partial charge is 0.368 e. The molecule has 5 heteroatoms. The first kappa shape index (κ1) is 14.5. The summed E-state index contributed by atoms with van der Waals surface area (Å²) in [5.74, 6) is -0.561. The number of amides is 2. The molecular weight excluding hydrogens is 230 g/mol. The van der Waals surface area contributed by atoms with Gasteiger partial charge in [0.1, 0.15) is 6.04 Å². The van der Waals surface area contributed by atoms with Crippen LogP contribution in [-0.4, -0.2) is 17.9 Å². The smallest absolute Gasteiger partial charge is 0.240 e. The van der Waals surface area contributed by atoms with Crippen molar-refractivity contribution in [3.63, 3.8) is 0 Å². The van der Waals surface area contributed by atoms with Gasteiger partial charge in [0.25, 0.3) is 0 Å². The summed E-state index contributed by atoms with van der Waals surface area (Å²) in [7, 11) is 0. The molecule has 18 heavy (non-hydrogen) atoms. The number of carbonyl (C=O) groups is 2. The van der Waals surface area contributed by atoms with Crippen LogP contribution in [0, 0.1) is 23.2 Å². The summed E-state index contributed by atoms with van der Waals surface area (Å²) >= 11 is 0. The van der Waals surface area contributed by atoms with E-state index in [2.05, 4.69) is 5.32 Å². The fraction of sp³-hybridized carbons (Fsp3) is 0.769. The molecule has 0 aromatic rings. The van der Waals surface area contributed by atoms with Gasteiger partial charge in [0.2, 0.25) is 11.8 Å². The lowest BCUT2D eigenvalue weighted by Gasteiger charge is -2.17. The van der Waals surface area contributed by atoms with Crippen LogP contribution < -0.4 is 11.1 Å². The van der Waals surface area contributed by atoms with Crippen LogP contribution in [0.25, 0.3) is 0 Å². The zero-order valence-electron chi connectivity index (χ0n) is 10.8. The van der Waals surface area contributed by atoms with Crippen molar-refractivity contribution in [3.05, 3.63) is 0 Å². The number of nitrogens with two attached hydrogens (primary N) is 1. The number of nitriles is 1. The van der Waals surface area contributed by atoms with E-state index in [9.17, 15) is 9.59 Å². The Morgan fingerprint density at radius 2 is 2.06 bits per heavy atom. The molecule has 0 aromatic carbocycles. The molecule has 0 unspecified atom stereocenters. The van der Waals surface area contributed by atoms with Crippen LogP contribution in [0.1, 0.15) is 45.4 Å². The van der Waals surface area contributed by atoms with Gasteiger partial charge < -0.3 is 11.1 Å². The number of carbonyl (C=O) groups excluding carboxylic acids is 2. The predicted octanol–water partition coefficient (Wildman–Crippen LogP) is 1.09. The van der Waals surface area contributed by atoms with Gasteiger partial charge in [0.15, 0.2) is 0 Å². The van der Waals surface area contributed by atoms with Crippen LogP contribution >= 0.6 is 0 Å². The van der Waals surface area contributed by atoms with E-state index >= 15 is 0 Å². The van der Waals surface area contributed by atoms with E-state index in [1.807, 2.05) is 6.07 Å². The molecule has 100 valence electrons. The fourth-order valence-electron chi connectivity index (χ4n) is 2.38. The third kappa shape index (κ3) is 4.74. The minimum absolute atomic E-state index is 0.129. The van der Waals surface area contributed by atoms with Crippen LogP contribution in [0.3, 0.4) is 0 Å². The maximum atomic E-state index is 11.8. The zero-order valence-corrected chi connectivity index (χ0v) is 10.8. The Morgan fingerprint density at radius 1 is 1.44 bits per heavy atom. The molecule has 0 aliphatic heterocycles. The Morgan fingerprint density at radius 3 is 2.56 bits per heavy atom. The van der Waals surface area contributed by atoms with Gasteiger partial charge in [-0.1, -0.05) is 12.8 Å². The van der Waals surface area contributed by atoms with E-state index in [0.29, 0.717) is 12.3 Å². The lowest BCUT2D eigenvalue weighted by molar-refractivity contribution is -0.128. The maximum absolute atomic E-state index is 11.8. The lowest BCUT2D eigenvalue weighted by atomic mass is 10.0. The van der Waals surface area contributed by atoms with Crippen molar-refractivity contribution >= 4 is 11.8 Å². The van der Waals surface area contributed by atoms with Crippen LogP contribution in [0.15, 0.2) is 0 Å². The summed E-state index contributed by atoms with van der Waals surface area (Å²) in [5.41, 5.74) is 5.23. The molecule has 5 nitrogen and oxygen atoms in total. The van der Waals surface area contributed by atoms with Crippen LogP contribution in [0.2, 0.25) is 0 Å². The average Bonchev–Trinajstić information content (AvgIpc) is 2.80. The third-order valence-electron chi connectivity index (χ3n) is 3.44. The van der Waals surface area contributed by atoms with E-state index < -0.39 is 11.9 Å². The summed E-state index contributed by atoms with van der Waals surface area (Å²) < 4.78 is 0. The summed E-state index contributed by atoms with van der Waals surface area (Å²) in [6.07, 6.45) is 5.28. The molecule has 0 radical (unpaired) electrons. The summed E-state index contributed by atoms with van der Waals surface area (Å²) in [6, 6.07) is 1.31. The van der Waals surface area contributed by atoms with Crippen molar-refractivity contribution < 1.29 is 9.59 Å². The highest BCUT2D eigenvalue weighted by molar-refractivity contribution is 5.86. The van der Waals surface area contributed by atoms with E-state index in [1.54, 1.807) is 6.92 Å². The highest BCUT2D eigenvalue weighted by Crippen LogP contribution is 2.27. The van der Waals surface area contributed by atoms with Gasteiger partial charge in [-0.2, -0.15) is 5.26 Å². The average molecular weight is 251 g/mol. The van der Waals surface area contributed by atoms with E-state index in [1.165, 1.54) is 12.8 Å². The molecule has 1 aliphatic carbocycles. The van der Waals surface area contributed by atoms with E-state index in [0.717, 1.165) is 12.8 Å². The van der Waals surface area contributed by atoms with E-state index in [4.69, 9.17) is 11.0 Å². The molecule has 1 rings (SSSR count). The maximum Gasteiger partial charge on any atom is 0.240 e. The molecule has 1 aliphatic rings. The standard InChI is InChI=1S/C13H21N3O2/c1-9(8-14)6-11(13(15)18)16-12(17)7-10-4-2-3-5-10/h9-11H,2-7H2,1H3,(H2,15,18)(H,16,17)/t9-,11+/m0/s1. The molecule has 2 atom stereocenters. The van der Waals surface area contributed by atoms with Gasteiger partial charge in [-0.3, -0.25) is 9.59 Å². The molecular formula is C13H21N3O2. The lowest BCUT2D eigenvalue weighted by Crippen LogP contribution is -2.45. The second-order valence-corrected chi connectivity index (χ2v) is 5.14. The van der Waals surface area contributed by atoms with E-state index in [-0.39, 0.29) is 18.2 Å². The molecule has 3 N–H and O–H groups in total. The van der Waals surface area contributed by atoms with Gasteiger partial charge in [-0.05, 0) is 32.1 Å². The SMILES string of the molecule is C[C@H](C#N)C[C@@H](NC(=O)CC1CCCC1)C(N)=O. The van der Waals surface area contributed by atoms with Crippen LogP contribution in [0.4, 0.5) is 0 Å². The monoisotopic (exact) mass is 251 g/mol. The van der Waals surface area contributed by atoms with Crippen LogP contribution in [0.5, 0.6) is 0 Å². The molecule has 1 saturated carbocycles. The quantitative estimate of drug-likeness (QED) is 0.739. The summed E-state index contributed by atoms with van der Waals surface area (Å²) in [5, 5.41) is 11.4. The Balaban J connectivity index is 2.42. The van der Waals surface area contributed by atoms with Gasteiger partial charge in [-0.15, -0.1) is 0 Å². The van der Waals surface area contributed by atoms with Crippen molar-refractivity contribution in [3.8, 4) is 6.07 Å². The minimum Gasteiger partial charge on any atom is -0.368 e. The molecule has 2 amide bonds. The first-order chi connectivity index (χ1) is 8.52. The summed E-state index contributed by atoms with van der Waals surface area (Å²) in [4.78, 5) is 23.0. The fourth-order valence-corrected chi connectivity index (χ4v) is 2.38. The van der Waals surface area contributed by atoms with Gasteiger partial charge in [-0.25, -0.2) is 0 Å². The zero-order chi connectivity index (χ0) is 13.5. The van der Waals surface area contributed by atoms with Crippen molar-refractivity contribution in [2.24, 2.45) is 17.6 Å². The molecule has 0 saturated heterocycles. The minimum atomic E-state index is -0.728. The topological polar surface area (TPSA) is 96.0 Å². The van der Waals surface area contributed by atoms with Crippen molar-refractivity contribution in [2.75, 3.05) is 0 Å². The van der Waals surface area contributed by atoms with Crippen molar-refractivity contribution in [1.82, 2.24) is 5.32 Å². The second kappa shape index (κ2) is 7.00. The molecule has 0 bridgehead atoms. The highest BCUT2D eigenvalue weighted by Gasteiger charge is 2.23. The number of nitrogens with one attached hydrogen (secondary N) is 1. The number of hydrogen-bond donors (Lipinski definition) is 2. The Kier molecular flexibility index (Phi) is 5.63. The van der Waals surface area contributed by atoms with Crippen molar-refractivity contribution in [2.45, 2.75) is 51.5 Å². The van der Waals surface area contributed by atoms with Crippen LogP contribution in [-0.2, 0) is 9.59 Å². The number of hydrogen-bond acceptors (Lipinski definition) is 3. The molecule has 0 heterocycles. The number of rotatable bonds is 6. The second-order valence-electron chi connectivity index (χ2n) is 5.14. The Bertz CT molecular complexity index is 343. The molecule has 1 fully saturated rings. The normalized spacial score (nSPS) is 18.9. The Hall–Kier alpha value is -1.57. The Labute approximate surface area is 108 Å². The highest BCUT2D eigenvalue weighted by atomic mass is 16.2. The first-order valence-electron chi connectivity index (χ1n) is 6.51. The summed E-state index contributed by atoms with van der Waals surface area (Å²) in [6.45, 7) is 1.71. The number of nitrogens with zero attached hydrogens (tertiary/aromatic N) is 1. The van der Waals surface area contributed by atoms with Gasteiger partial charge in [0, 0.05) is 12.3 Å². The van der Waals surface area contributed by atoms with Gasteiger partial charge in [0.05, 0.1) is 6.07 Å².